The number of halogens is 1. The lowest BCUT2D eigenvalue weighted by atomic mass is 10.1. The van der Waals surface area contributed by atoms with Crippen molar-refractivity contribution >= 4 is 39.7 Å². The number of amides is 1. The van der Waals surface area contributed by atoms with Crippen molar-refractivity contribution in [2.45, 2.75) is 6.10 Å². The lowest BCUT2D eigenvalue weighted by Gasteiger charge is -2.38. The summed E-state index contributed by atoms with van der Waals surface area (Å²) in [6, 6.07) is 9.67. The molecule has 1 aliphatic heterocycles. The monoisotopic (exact) mass is 596 g/mol. The molecule has 0 saturated carbocycles. The lowest BCUT2D eigenvalue weighted by molar-refractivity contribution is -0.134. The third-order valence-corrected chi connectivity index (χ3v) is 7.20. The van der Waals surface area contributed by atoms with E-state index in [2.05, 4.69) is 36.8 Å². The number of carbonyl (C=O) groups excluding carboxylic acids is 1. The molecule has 14 heteroatoms. The van der Waals surface area contributed by atoms with Gasteiger partial charge in [0.1, 0.15) is 35.9 Å². The molecule has 3 aromatic heterocycles. The molecule has 0 bridgehead atoms. The largest absolute Gasteiger partial charge is 0.493 e. The highest BCUT2D eigenvalue weighted by atomic mass is 32.1. The molecule has 4 heterocycles. The summed E-state index contributed by atoms with van der Waals surface area (Å²) >= 11 is 1.23. The van der Waals surface area contributed by atoms with Crippen molar-refractivity contribution < 1.29 is 23.4 Å². The van der Waals surface area contributed by atoms with Crippen molar-refractivity contribution in [1.82, 2.24) is 29.8 Å². The summed E-state index contributed by atoms with van der Waals surface area (Å²) in [6.45, 7) is 4.35. The summed E-state index contributed by atoms with van der Waals surface area (Å²) in [5.74, 6) is 0.852. The number of likely N-dealkylation sites (tertiary alicyclic amines) is 1. The summed E-state index contributed by atoms with van der Waals surface area (Å²) in [6.07, 6.45) is 5.42. The van der Waals surface area contributed by atoms with Crippen molar-refractivity contribution in [3.8, 4) is 39.8 Å². The quantitative estimate of drug-likeness (QED) is 0.232. The maximum absolute atomic E-state index is 15.2. The second kappa shape index (κ2) is 11.7. The Balaban J connectivity index is 1.18. The molecule has 43 heavy (non-hydrogen) atoms. The number of nitrogens with zero attached hydrogens (tertiary/aromatic N) is 7. The number of thiazole rings is 1. The zero-order valence-corrected chi connectivity index (χ0v) is 23.3. The van der Waals surface area contributed by atoms with E-state index in [1.807, 2.05) is 6.07 Å². The normalized spacial score (nSPS) is 12.7. The van der Waals surface area contributed by atoms with E-state index in [1.54, 1.807) is 28.5 Å². The van der Waals surface area contributed by atoms with Gasteiger partial charge in [0, 0.05) is 40.9 Å². The molecule has 0 spiro atoms. The third kappa shape index (κ3) is 5.74. The zero-order valence-electron chi connectivity index (χ0n) is 22.5. The fourth-order valence-electron chi connectivity index (χ4n) is 4.26. The van der Waals surface area contributed by atoms with Gasteiger partial charge in [0.05, 0.1) is 37.1 Å². The van der Waals surface area contributed by atoms with E-state index in [0.717, 1.165) is 0 Å². The number of hydrogen-bond donors (Lipinski definition) is 1. The smallest absolute Gasteiger partial charge is 0.279 e. The SMILES string of the molecule is C=CC(=O)N1CC(Oc2cc3c(Nc4ccc(Oc5nc(-c6cnc(C#N)nc6)cs5)cc4F)ncnc3cc2OC)C1. The summed E-state index contributed by atoms with van der Waals surface area (Å²) in [7, 11) is 1.52. The maximum atomic E-state index is 15.2. The number of carbonyl (C=O) groups is 1. The predicted molar refractivity (Wildman–Crippen MR) is 155 cm³/mol. The van der Waals surface area contributed by atoms with Crippen molar-refractivity contribution in [3.63, 3.8) is 0 Å². The Kier molecular flexibility index (Phi) is 7.46. The highest BCUT2D eigenvalue weighted by molar-refractivity contribution is 7.11. The van der Waals surface area contributed by atoms with Gasteiger partial charge in [0.2, 0.25) is 11.7 Å². The van der Waals surface area contributed by atoms with Crippen LogP contribution in [0.4, 0.5) is 15.9 Å². The van der Waals surface area contributed by atoms with Crippen molar-refractivity contribution in [3.05, 3.63) is 78.7 Å². The van der Waals surface area contributed by atoms with E-state index < -0.39 is 5.82 Å². The Bertz CT molecular complexity index is 1890. The first-order valence-corrected chi connectivity index (χ1v) is 13.6. The van der Waals surface area contributed by atoms with Crippen LogP contribution in [0.25, 0.3) is 22.2 Å². The molecule has 0 atom stereocenters. The van der Waals surface area contributed by atoms with Crippen LogP contribution in [0.3, 0.4) is 0 Å². The Hall–Kier alpha value is -5.68. The second-order valence-electron chi connectivity index (χ2n) is 9.20. The second-order valence-corrected chi connectivity index (χ2v) is 10.0. The summed E-state index contributed by atoms with van der Waals surface area (Å²) in [5, 5.41) is 14.5. The third-order valence-electron chi connectivity index (χ3n) is 6.48. The van der Waals surface area contributed by atoms with E-state index in [9.17, 15) is 4.79 Å². The van der Waals surface area contributed by atoms with E-state index in [4.69, 9.17) is 19.5 Å². The number of hydrogen-bond acceptors (Lipinski definition) is 12. The van der Waals surface area contributed by atoms with Crippen molar-refractivity contribution in [1.29, 1.82) is 5.26 Å². The molecule has 5 aromatic rings. The fraction of sp³-hybridized carbons (Fsp3) is 0.138. The molecule has 1 N–H and O–H groups in total. The number of aromatic nitrogens is 5. The summed E-state index contributed by atoms with van der Waals surface area (Å²) < 4.78 is 32.6. The van der Waals surface area contributed by atoms with Gasteiger partial charge >= 0.3 is 0 Å². The van der Waals surface area contributed by atoms with Crippen LogP contribution in [-0.2, 0) is 4.79 Å². The Morgan fingerprint density at radius 3 is 2.72 bits per heavy atom. The molecule has 1 fully saturated rings. The number of methoxy groups -OCH3 is 1. The molecular formula is C29H21FN8O4S. The minimum Gasteiger partial charge on any atom is -0.493 e. The minimum atomic E-state index is -0.576. The zero-order chi connectivity index (χ0) is 29.9. The Morgan fingerprint density at radius 1 is 1.19 bits per heavy atom. The number of fused-ring (bicyclic) bond motifs is 1. The first-order chi connectivity index (χ1) is 20.9. The molecule has 0 radical (unpaired) electrons. The van der Waals surface area contributed by atoms with Crippen LogP contribution in [0.1, 0.15) is 5.82 Å². The molecule has 1 amide bonds. The summed E-state index contributed by atoms with van der Waals surface area (Å²) in [5.41, 5.74) is 1.92. The van der Waals surface area contributed by atoms with Gasteiger partial charge in [-0.05, 0) is 24.3 Å². The van der Waals surface area contributed by atoms with Crippen LogP contribution in [0.2, 0.25) is 0 Å². The van der Waals surface area contributed by atoms with E-state index >= 15 is 4.39 Å². The number of nitriles is 1. The van der Waals surface area contributed by atoms with Crippen LogP contribution < -0.4 is 19.5 Å². The number of ether oxygens (including phenoxy) is 3. The van der Waals surface area contributed by atoms with Gasteiger partial charge in [-0.2, -0.15) is 5.26 Å². The average Bonchev–Trinajstić information content (AvgIpc) is 3.48. The number of rotatable bonds is 9. The molecule has 0 unspecified atom stereocenters. The van der Waals surface area contributed by atoms with E-state index in [-0.39, 0.29) is 29.3 Å². The van der Waals surface area contributed by atoms with E-state index in [0.29, 0.717) is 57.8 Å². The van der Waals surface area contributed by atoms with Crippen LogP contribution in [-0.4, -0.2) is 62.0 Å². The number of anilines is 2. The van der Waals surface area contributed by atoms with Gasteiger partial charge in [0.25, 0.3) is 5.19 Å². The standard InChI is InChI=1S/C29H21FN8O4S/c1-3-27(39)38-12-18(13-38)41-25-7-19-22(8-24(25)40-2)34-15-35-28(19)36-21-5-4-17(6-20(21)30)42-29-37-23(14-43-29)16-10-32-26(9-31)33-11-16/h3-8,10-11,14-15,18H,1,12-13H2,2H3,(H,34,35,36). The molecule has 214 valence electrons. The van der Waals surface area contributed by atoms with Crippen molar-refractivity contribution in [2.24, 2.45) is 0 Å². The highest BCUT2D eigenvalue weighted by Gasteiger charge is 2.31. The van der Waals surface area contributed by atoms with Crippen LogP contribution in [0.15, 0.2) is 67.1 Å². The lowest BCUT2D eigenvalue weighted by Crippen LogP contribution is -2.55. The molecule has 1 aliphatic rings. The molecule has 1 saturated heterocycles. The van der Waals surface area contributed by atoms with Gasteiger partial charge in [-0.25, -0.2) is 29.3 Å². The molecule has 2 aromatic carbocycles. The van der Waals surface area contributed by atoms with Crippen LogP contribution >= 0.6 is 11.3 Å². The molecular weight excluding hydrogens is 575 g/mol. The van der Waals surface area contributed by atoms with Gasteiger partial charge in [-0.15, -0.1) is 0 Å². The van der Waals surface area contributed by atoms with Gasteiger partial charge in [0.15, 0.2) is 11.5 Å². The maximum Gasteiger partial charge on any atom is 0.279 e. The van der Waals surface area contributed by atoms with Crippen LogP contribution in [0, 0.1) is 17.1 Å². The molecule has 0 aliphatic carbocycles. The van der Waals surface area contributed by atoms with Gasteiger partial charge in [-0.1, -0.05) is 17.9 Å². The number of benzene rings is 2. The molecule has 6 rings (SSSR count). The topological polar surface area (TPSA) is 148 Å². The Labute approximate surface area is 248 Å². The average molecular weight is 597 g/mol. The van der Waals surface area contributed by atoms with Crippen molar-refractivity contribution in [2.75, 3.05) is 25.5 Å². The van der Waals surface area contributed by atoms with Gasteiger partial charge in [-0.3, -0.25) is 4.79 Å². The fourth-order valence-corrected chi connectivity index (χ4v) is 4.96. The Morgan fingerprint density at radius 2 is 2.00 bits per heavy atom. The highest BCUT2D eigenvalue weighted by Crippen LogP contribution is 2.37. The first kappa shape index (κ1) is 27.5. The molecule has 12 nitrogen and oxygen atoms in total. The first-order valence-electron chi connectivity index (χ1n) is 12.8. The number of nitrogens with one attached hydrogen (secondary N) is 1. The van der Waals surface area contributed by atoms with Crippen LogP contribution in [0.5, 0.6) is 22.4 Å². The van der Waals surface area contributed by atoms with E-state index in [1.165, 1.54) is 55.4 Å². The summed E-state index contributed by atoms with van der Waals surface area (Å²) in [4.78, 5) is 34.3. The predicted octanol–water partition coefficient (Wildman–Crippen LogP) is 4.87. The van der Waals surface area contributed by atoms with Gasteiger partial charge < -0.3 is 24.4 Å². The minimum absolute atomic E-state index is 0.0615.